The first-order valence-electron chi connectivity index (χ1n) is 6.48. The van der Waals surface area contributed by atoms with Gasteiger partial charge in [0.2, 0.25) is 5.91 Å². The van der Waals surface area contributed by atoms with E-state index in [1.54, 1.807) is 10.7 Å². The van der Waals surface area contributed by atoms with E-state index in [0.29, 0.717) is 12.2 Å². The van der Waals surface area contributed by atoms with Gasteiger partial charge in [-0.05, 0) is 25.5 Å². The fourth-order valence-electron chi connectivity index (χ4n) is 1.90. The zero-order valence-electron chi connectivity index (χ0n) is 11.5. The number of aryl methyl sites for hydroxylation is 1. The number of anilines is 1. The summed E-state index contributed by atoms with van der Waals surface area (Å²) in [6.07, 6.45) is 0.487. The number of carbonyl (C=O) groups excluding carboxylic acids is 1. The molecule has 1 unspecified atom stereocenters. The lowest BCUT2D eigenvalue weighted by molar-refractivity contribution is -0.118. The zero-order chi connectivity index (χ0) is 14.5. The summed E-state index contributed by atoms with van der Waals surface area (Å²) in [6.45, 7) is 3.67. The van der Waals surface area contributed by atoms with Crippen LogP contribution in [0.4, 0.5) is 5.82 Å². The number of nitriles is 1. The Balaban J connectivity index is 2.30. The average Bonchev–Trinajstić information content (AvgIpc) is 2.82. The maximum absolute atomic E-state index is 12.0. The van der Waals surface area contributed by atoms with Crippen molar-refractivity contribution in [1.29, 1.82) is 5.26 Å². The number of nitrogens with zero attached hydrogens (tertiary/aromatic N) is 3. The third kappa shape index (κ3) is 2.86. The Bertz CT molecular complexity index is 640. The molecule has 0 radical (unpaired) electrons. The maximum atomic E-state index is 12.0. The molecule has 0 fully saturated rings. The van der Waals surface area contributed by atoms with Crippen LogP contribution in [0.1, 0.15) is 19.0 Å². The van der Waals surface area contributed by atoms with Crippen molar-refractivity contribution in [3.05, 3.63) is 42.1 Å². The Hall–Kier alpha value is -2.61. The van der Waals surface area contributed by atoms with Crippen molar-refractivity contribution in [2.45, 2.75) is 20.3 Å². The van der Waals surface area contributed by atoms with E-state index in [1.165, 1.54) is 0 Å². The first-order valence-corrected chi connectivity index (χ1v) is 6.48. The first-order chi connectivity index (χ1) is 9.65. The van der Waals surface area contributed by atoms with Gasteiger partial charge in [0.05, 0.1) is 17.5 Å². The molecule has 0 aliphatic heterocycles. The minimum atomic E-state index is -0.644. The second-order valence-electron chi connectivity index (χ2n) is 4.50. The second-order valence-corrected chi connectivity index (χ2v) is 4.50. The van der Waals surface area contributed by atoms with E-state index < -0.39 is 5.92 Å². The van der Waals surface area contributed by atoms with E-state index in [9.17, 15) is 4.79 Å². The van der Waals surface area contributed by atoms with E-state index in [4.69, 9.17) is 5.26 Å². The lowest BCUT2D eigenvalue weighted by atomic mass is 10.1. The number of hydrogen-bond acceptors (Lipinski definition) is 3. The Kier molecular flexibility index (Phi) is 4.16. The van der Waals surface area contributed by atoms with Crippen LogP contribution in [-0.4, -0.2) is 15.7 Å². The van der Waals surface area contributed by atoms with Crippen LogP contribution in [0.3, 0.4) is 0 Å². The Labute approximate surface area is 117 Å². The molecule has 102 valence electrons. The Morgan fingerprint density at radius 2 is 2.15 bits per heavy atom. The van der Waals surface area contributed by atoms with Crippen molar-refractivity contribution < 1.29 is 4.79 Å². The van der Waals surface area contributed by atoms with Gasteiger partial charge < -0.3 is 5.32 Å². The monoisotopic (exact) mass is 268 g/mol. The summed E-state index contributed by atoms with van der Waals surface area (Å²) in [5.41, 5.74) is 1.66. The third-order valence-electron chi connectivity index (χ3n) is 2.96. The molecule has 1 aromatic heterocycles. The van der Waals surface area contributed by atoms with E-state index in [-0.39, 0.29) is 5.91 Å². The van der Waals surface area contributed by atoms with E-state index in [0.717, 1.165) is 11.4 Å². The van der Waals surface area contributed by atoms with Crippen molar-refractivity contribution >= 4 is 11.7 Å². The SMILES string of the molecule is CCC(C#N)C(=O)Nc1cc(C)nn1-c1ccccc1. The van der Waals surface area contributed by atoms with Gasteiger partial charge in [0.1, 0.15) is 11.7 Å². The summed E-state index contributed by atoms with van der Waals surface area (Å²) in [4.78, 5) is 12.0. The Morgan fingerprint density at radius 1 is 1.45 bits per heavy atom. The van der Waals surface area contributed by atoms with Crippen LogP contribution in [0.5, 0.6) is 0 Å². The molecule has 0 saturated heterocycles. The molecule has 1 heterocycles. The molecule has 1 amide bonds. The predicted molar refractivity (Wildman–Crippen MR) is 76.3 cm³/mol. The second kappa shape index (κ2) is 6.02. The summed E-state index contributed by atoms with van der Waals surface area (Å²) in [5, 5.41) is 16.1. The number of benzene rings is 1. The third-order valence-corrected chi connectivity index (χ3v) is 2.96. The van der Waals surface area contributed by atoms with Crippen molar-refractivity contribution in [3.63, 3.8) is 0 Å². The van der Waals surface area contributed by atoms with Crippen LogP contribution in [-0.2, 0) is 4.79 Å². The lowest BCUT2D eigenvalue weighted by Gasteiger charge is -2.10. The summed E-state index contributed by atoms with van der Waals surface area (Å²) in [5.74, 6) is -0.367. The molecule has 0 aliphatic rings. The summed E-state index contributed by atoms with van der Waals surface area (Å²) >= 11 is 0. The fraction of sp³-hybridized carbons (Fsp3) is 0.267. The number of para-hydroxylation sites is 1. The summed E-state index contributed by atoms with van der Waals surface area (Å²) in [7, 11) is 0. The van der Waals surface area contributed by atoms with Gasteiger partial charge in [-0.25, -0.2) is 4.68 Å². The van der Waals surface area contributed by atoms with Gasteiger partial charge in [-0.3, -0.25) is 4.79 Å². The number of nitrogens with one attached hydrogen (secondary N) is 1. The number of rotatable bonds is 4. The molecule has 0 spiro atoms. The van der Waals surface area contributed by atoms with Crippen molar-refractivity contribution in [2.75, 3.05) is 5.32 Å². The van der Waals surface area contributed by atoms with Gasteiger partial charge in [-0.2, -0.15) is 10.4 Å². The molecule has 1 atom stereocenters. The molecular weight excluding hydrogens is 252 g/mol. The molecule has 5 nitrogen and oxygen atoms in total. The molecule has 1 N–H and O–H groups in total. The van der Waals surface area contributed by atoms with Crippen LogP contribution in [0.25, 0.3) is 5.69 Å². The van der Waals surface area contributed by atoms with Gasteiger partial charge in [0.25, 0.3) is 0 Å². The quantitative estimate of drug-likeness (QED) is 0.926. The van der Waals surface area contributed by atoms with Gasteiger partial charge in [0.15, 0.2) is 0 Å². The van der Waals surface area contributed by atoms with E-state index in [1.807, 2.05) is 50.2 Å². The highest BCUT2D eigenvalue weighted by Crippen LogP contribution is 2.18. The average molecular weight is 268 g/mol. The van der Waals surface area contributed by atoms with E-state index in [2.05, 4.69) is 10.4 Å². The van der Waals surface area contributed by atoms with Crippen molar-refractivity contribution in [3.8, 4) is 11.8 Å². The van der Waals surface area contributed by atoms with Crippen LogP contribution in [0.2, 0.25) is 0 Å². The number of hydrogen-bond donors (Lipinski definition) is 1. The van der Waals surface area contributed by atoms with Gasteiger partial charge in [0, 0.05) is 6.07 Å². The fourth-order valence-corrected chi connectivity index (χ4v) is 1.90. The molecule has 5 heteroatoms. The van der Waals surface area contributed by atoms with Crippen molar-refractivity contribution in [2.24, 2.45) is 5.92 Å². The highest BCUT2D eigenvalue weighted by atomic mass is 16.2. The standard InChI is InChI=1S/C15H16N4O/c1-3-12(10-16)15(20)17-14-9-11(2)18-19(14)13-7-5-4-6-8-13/h4-9,12H,3H2,1-2H3,(H,17,20). The van der Waals surface area contributed by atoms with Crippen LogP contribution in [0, 0.1) is 24.2 Å². The number of amides is 1. The lowest BCUT2D eigenvalue weighted by Crippen LogP contribution is -2.22. The topological polar surface area (TPSA) is 70.7 Å². The molecule has 20 heavy (non-hydrogen) atoms. The first kappa shape index (κ1) is 13.8. The van der Waals surface area contributed by atoms with E-state index >= 15 is 0 Å². The predicted octanol–water partition coefficient (Wildman–Crippen LogP) is 2.67. The smallest absolute Gasteiger partial charge is 0.242 e. The molecule has 0 bridgehead atoms. The molecule has 0 saturated carbocycles. The van der Waals surface area contributed by atoms with Crippen molar-refractivity contribution in [1.82, 2.24) is 9.78 Å². The van der Waals surface area contributed by atoms with Gasteiger partial charge in [-0.1, -0.05) is 25.1 Å². The molecule has 2 aromatic rings. The van der Waals surface area contributed by atoms with Gasteiger partial charge in [-0.15, -0.1) is 0 Å². The van der Waals surface area contributed by atoms with Crippen LogP contribution >= 0.6 is 0 Å². The van der Waals surface area contributed by atoms with Crippen LogP contribution < -0.4 is 5.32 Å². The molecule has 2 rings (SSSR count). The normalized spacial score (nSPS) is 11.7. The van der Waals surface area contributed by atoms with Gasteiger partial charge >= 0.3 is 0 Å². The summed E-state index contributed by atoms with van der Waals surface area (Å²) in [6, 6.07) is 13.3. The molecule has 1 aromatic carbocycles. The molecule has 0 aliphatic carbocycles. The summed E-state index contributed by atoms with van der Waals surface area (Å²) < 4.78 is 1.66. The maximum Gasteiger partial charge on any atom is 0.242 e. The largest absolute Gasteiger partial charge is 0.309 e. The highest BCUT2D eigenvalue weighted by molar-refractivity contribution is 5.93. The molecular formula is C15H16N4O. The minimum absolute atomic E-state index is 0.299. The Morgan fingerprint density at radius 3 is 2.75 bits per heavy atom. The number of carbonyl (C=O) groups is 1. The zero-order valence-corrected chi connectivity index (χ0v) is 11.5. The number of aromatic nitrogens is 2. The highest BCUT2D eigenvalue weighted by Gasteiger charge is 2.18. The minimum Gasteiger partial charge on any atom is -0.309 e. The van der Waals surface area contributed by atoms with Crippen LogP contribution in [0.15, 0.2) is 36.4 Å².